The van der Waals surface area contributed by atoms with E-state index >= 15 is 0 Å². The molecule has 4 nitrogen and oxygen atoms in total. The first-order valence-electron chi connectivity index (χ1n) is 8.60. The van der Waals surface area contributed by atoms with Gasteiger partial charge in [-0.3, -0.25) is 9.59 Å². The zero-order valence-electron chi connectivity index (χ0n) is 14.9. The lowest BCUT2D eigenvalue weighted by molar-refractivity contribution is -0.184. The third-order valence-corrected chi connectivity index (χ3v) is 7.59. The van der Waals surface area contributed by atoms with Crippen molar-refractivity contribution in [3.05, 3.63) is 12.2 Å². The molecule has 6 atom stereocenters. The Morgan fingerprint density at radius 1 is 1.04 bits per heavy atom. The molecule has 3 rings (SSSR count). The molecular weight excluding hydrogens is 292 g/mol. The molecule has 0 heterocycles. The van der Waals surface area contributed by atoms with Gasteiger partial charge in [0, 0.05) is 19.3 Å². The molecule has 0 unspecified atom stereocenters. The largest absolute Gasteiger partial charge is 0.458 e. The maximum Gasteiger partial charge on any atom is 0.303 e. The lowest BCUT2D eigenvalue weighted by Gasteiger charge is -2.49. The van der Waals surface area contributed by atoms with Crippen LogP contribution in [0.25, 0.3) is 0 Å². The van der Waals surface area contributed by atoms with Crippen LogP contribution in [0, 0.1) is 22.2 Å². The average Bonchev–Trinajstić information content (AvgIpc) is 2.81. The molecule has 2 bridgehead atoms. The molecule has 4 heteroatoms. The number of carbonyl (C=O) groups excluding carboxylic acids is 2. The smallest absolute Gasteiger partial charge is 0.303 e. The van der Waals surface area contributed by atoms with Crippen molar-refractivity contribution < 1.29 is 19.1 Å². The van der Waals surface area contributed by atoms with E-state index in [1.54, 1.807) is 0 Å². The van der Waals surface area contributed by atoms with E-state index in [2.05, 4.69) is 27.4 Å². The number of hydrogen-bond donors (Lipinski definition) is 0. The highest BCUT2D eigenvalue weighted by molar-refractivity contribution is 5.68. The van der Waals surface area contributed by atoms with E-state index in [4.69, 9.17) is 9.47 Å². The minimum absolute atomic E-state index is 0.0582. The van der Waals surface area contributed by atoms with Crippen molar-refractivity contribution in [1.29, 1.82) is 0 Å². The second-order valence-electron chi connectivity index (χ2n) is 8.41. The number of ether oxygens (including phenoxy) is 2. The van der Waals surface area contributed by atoms with Crippen LogP contribution < -0.4 is 0 Å². The topological polar surface area (TPSA) is 52.6 Å². The third-order valence-electron chi connectivity index (χ3n) is 7.59. The molecule has 3 saturated carbocycles. The molecule has 3 fully saturated rings. The molecule has 128 valence electrons. The Labute approximate surface area is 138 Å². The van der Waals surface area contributed by atoms with E-state index in [9.17, 15) is 9.59 Å². The first-order valence-corrected chi connectivity index (χ1v) is 8.60. The first kappa shape index (κ1) is 16.5. The summed E-state index contributed by atoms with van der Waals surface area (Å²) < 4.78 is 11.4. The highest BCUT2D eigenvalue weighted by atomic mass is 16.6. The number of fused-ring (bicyclic) bond motifs is 5. The lowest BCUT2D eigenvalue weighted by Crippen LogP contribution is -2.54. The zero-order chi connectivity index (χ0) is 17.2. The predicted molar refractivity (Wildman–Crippen MR) is 86.5 cm³/mol. The van der Waals surface area contributed by atoms with Gasteiger partial charge < -0.3 is 9.47 Å². The monoisotopic (exact) mass is 320 g/mol. The molecule has 0 aromatic carbocycles. The van der Waals surface area contributed by atoms with E-state index < -0.39 is 12.2 Å². The summed E-state index contributed by atoms with van der Waals surface area (Å²) in [5.41, 5.74) is 0.919. The van der Waals surface area contributed by atoms with Gasteiger partial charge in [0.25, 0.3) is 0 Å². The van der Waals surface area contributed by atoms with Gasteiger partial charge in [-0.2, -0.15) is 0 Å². The second kappa shape index (κ2) is 4.84. The van der Waals surface area contributed by atoms with E-state index in [0.29, 0.717) is 5.92 Å². The SMILES string of the molecule is C=C1[C@@H](OC(C)=O)[C@@H](OC(C)=O)[C@@]2(C)C[C@@H]1[C@@]1(C)CCC[C@@]21C. The van der Waals surface area contributed by atoms with Crippen LogP contribution in [0.15, 0.2) is 12.2 Å². The Kier molecular flexibility index (Phi) is 3.48. The van der Waals surface area contributed by atoms with Crippen LogP contribution in [-0.2, 0) is 19.1 Å². The fourth-order valence-electron chi connectivity index (χ4n) is 6.13. The van der Waals surface area contributed by atoms with Crippen molar-refractivity contribution in [2.75, 3.05) is 0 Å². The van der Waals surface area contributed by atoms with E-state index in [0.717, 1.165) is 24.8 Å². The van der Waals surface area contributed by atoms with Crippen molar-refractivity contribution in [1.82, 2.24) is 0 Å². The number of rotatable bonds is 2. The van der Waals surface area contributed by atoms with Crippen LogP contribution in [0.5, 0.6) is 0 Å². The maximum atomic E-state index is 11.8. The lowest BCUT2D eigenvalue weighted by atomic mass is 9.58. The Bertz CT molecular complexity index is 582. The second-order valence-corrected chi connectivity index (χ2v) is 8.41. The molecule has 0 saturated heterocycles. The summed E-state index contributed by atoms with van der Waals surface area (Å²) in [4.78, 5) is 23.4. The summed E-state index contributed by atoms with van der Waals surface area (Å²) >= 11 is 0. The van der Waals surface area contributed by atoms with Crippen molar-refractivity contribution in [3.8, 4) is 0 Å². The van der Waals surface area contributed by atoms with Crippen molar-refractivity contribution in [2.45, 2.75) is 72.5 Å². The molecule has 0 radical (unpaired) electrons. The predicted octanol–water partition coefficient (Wildman–Crippen LogP) is 3.64. The standard InChI is InChI=1S/C19H28O4/c1-11-14-10-18(5,19(6)9-7-8-17(14,19)4)16(23-13(3)21)15(11)22-12(2)20/h14-16H,1,7-10H2,2-6H3/t14-,15+,16+,17+,18+,19+/m0/s1. The van der Waals surface area contributed by atoms with E-state index in [-0.39, 0.29) is 28.2 Å². The maximum absolute atomic E-state index is 11.8. The van der Waals surface area contributed by atoms with Crippen LogP contribution in [-0.4, -0.2) is 24.1 Å². The minimum Gasteiger partial charge on any atom is -0.458 e. The molecular formula is C19H28O4. The summed E-state index contributed by atoms with van der Waals surface area (Å²) in [6.07, 6.45) is 3.44. The quantitative estimate of drug-likeness (QED) is 0.576. The molecule has 3 aliphatic rings. The van der Waals surface area contributed by atoms with Gasteiger partial charge >= 0.3 is 11.9 Å². The highest BCUT2D eigenvalue weighted by Crippen LogP contribution is 2.77. The van der Waals surface area contributed by atoms with Crippen LogP contribution in [0.1, 0.15) is 60.3 Å². The zero-order valence-corrected chi connectivity index (χ0v) is 14.9. The molecule has 0 N–H and O–H groups in total. The van der Waals surface area contributed by atoms with Crippen LogP contribution in [0.4, 0.5) is 0 Å². The Hall–Kier alpha value is -1.32. The molecule has 0 spiro atoms. The summed E-state index contributed by atoms with van der Waals surface area (Å²) in [5.74, 6) is -0.357. The van der Waals surface area contributed by atoms with Crippen molar-refractivity contribution >= 4 is 11.9 Å². The normalized spacial score (nSPS) is 48.0. The molecule has 0 amide bonds. The summed E-state index contributed by atoms with van der Waals surface area (Å²) in [5, 5.41) is 0. The van der Waals surface area contributed by atoms with Gasteiger partial charge in [0.1, 0.15) is 6.10 Å². The molecule has 0 aromatic rings. The highest BCUT2D eigenvalue weighted by Gasteiger charge is 2.74. The van der Waals surface area contributed by atoms with Gasteiger partial charge in [-0.1, -0.05) is 33.8 Å². The van der Waals surface area contributed by atoms with Crippen molar-refractivity contribution in [3.63, 3.8) is 0 Å². The van der Waals surface area contributed by atoms with Gasteiger partial charge in [-0.15, -0.1) is 0 Å². The van der Waals surface area contributed by atoms with Crippen molar-refractivity contribution in [2.24, 2.45) is 22.2 Å². The van der Waals surface area contributed by atoms with Gasteiger partial charge in [-0.25, -0.2) is 0 Å². The fraction of sp³-hybridized carbons (Fsp3) is 0.789. The Morgan fingerprint density at radius 2 is 1.65 bits per heavy atom. The van der Waals surface area contributed by atoms with Gasteiger partial charge in [0.15, 0.2) is 6.10 Å². The van der Waals surface area contributed by atoms with Crippen LogP contribution in [0.3, 0.4) is 0 Å². The van der Waals surface area contributed by atoms with Gasteiger partial charge in [0.2, 0.25) is 0 Å². The summed E-state index contributed by atoms with van der Waals surface area (Å²) in [7, 11) is 0. The average molecular weight is 320 g/mol. The van der Waals surface area contributed by atoms with Crippen LogP contribution >= 0.6 is 0 Å². The molecule has 3 aliphatic carbocycles. The number of hydrogen-bond acceptors (Lipinski definition) is 4. The summed E-state index contributed by atoms with van der Waals surface area (Å²) in [6.45, 7) is 14.0. The number of esters is 2. The molecule has 23 heavy (non-hydrogen) atoms. The number of carbonyl (C=O) groups is 2. The third kappa shape index (κ3) is 1.90. The van der Waals surface area contributed by atoms with Gasteiger partial charge in [0.05, 0.1) is 0 Å². The fourth-order valence-corrected chi connectivity index (χ4v) is 6.13. The van der Waals surface area contributed by atoms with E-state index in [1.165, 1.54) is 20.3 Å². The van der Waals surface area contributed by atoms with Gasteiger partial charge in [-0.05, 0) is 41.6 Å². The minimum atomic E-state index is -0.528. The Balaban J connectivity index is 2.12. The first-order chi connectivity index (χ1) is 10.6. The summed E-state index contributed by atoms with van der Waals surface area (Å²) in [6, 6.07) is 0. The Morgan fingerprint density at radius 3 is 2.22 bits per heavy atom. The molecule has 0 aliphatic heterocycles. The molecule has 0 aromatic heterocycles. The van der Waals surface area contributed by atoms with Crippen LogP contribution in [0.2, 0.25) is 0 Å². The van der Waals surface area contributed by atoms with E-state index in [1.807, 2.05) is 0 Å².